The number of nitrogens with one attached hydrogen (secondary N) is 1. The highest BCUT2D eigenvalue weighted by Crippen LogP contribution is 2.35. The Morgan fingerprint density at radius 2 is 1.77 bits per heavy atom. The van der Waals surface area contributed by atoms with Gasteiger partial charge in [-0.3, -0.25) is 4.79 Å². The molecule has 0 aromatic heterocycles. The zero-order valence-electron chi connectivity index (χ0n) is 12.0. The molecule has 1 saturated heterocycles. The summed E-state index contributed by atoms with van der Waals surface area (Å²) in [4.78, 5) is 23.3. The van der Waals surface area contributed by atoms with Gasteiger partial charge in [0.05, 0.1) is 0 Å². The minimum Gasteiger partial charge on any atom is -0.502 e. The second-order valence-corrected chi connectivity index (χ2v) is 5.97. The molecule has 0 atom stereocenters. The molecule has 22 heavy (non-hydrogen) atoms. The highest BCUT2D eigenvalue weighted by molar-refractivity contribution is 6.30. The van der Waals surface area contributed by atoms with E-state index in [1.165, 1.54) is 0 Å². The van der Waals surface area contributed by atoms with Crippen molar-refractivity contribution in [2.75, 3.05) is 13.1 Å². The summed E-state index contributed by atoms with van der Waals surface area (Å²) in [6.45, 7) is 1.36. The maximum Gasteiger partial charge on any atom is 0.371 e. The number of ketones is 1. The predicted molar refractivity (Wildman–Crippen MR) is 83.0 cm³/mol. The van der Waals surface area contributed by atoms with E-state index in [4.69, 9.17) is 16.7 Å². The summed E-state index contributed by atoms with van der Waals surface area (Å²) in [5.41, 5.74) is 0.269. The quantitative estimate of drug-likeness (QED) is 0.572. The SMILES string of the molecule is O=C(O)/C(O)=C/C(=O)C1(Cc2ccc(Cl)cc2)CCNCC1. The summed E-state index contributed by atoms with van der Waals surface area (Å²) in [6.07, 6.45) is 2.52. The number of hydrogen-bond donors (Lipinski definition) is 3. The van der Waals surface area contributed by atoms with E-state index in [1.807, 2.05) is 12.1 Å². The second kappa shape index (κ2) is 6.94. The molecule has 0 radical (unpaired) electrons. The van der Waals surface area contributed by atoms with E-state index < -0.39 is 17.1 Å². The van der Waals surface area contributed by atoms with Gasteiger partial charge in [-0.15, -0.1) is 0 Å². The molecule has 1 fully saturated rings. The van der Waals surface area contributed by atoms with Gasteiger partial charge < -0.3 is 15.5 Å². The van der Waals surface area contributed by atoms with Crippen LogP contribution in [-0.2, 0) is 16.0 Å². The minimum atomic E-state index is -1.50. The molecule has 0 bridgehead atoms. The summed E-state index contributed by atoms with van der Waals surface area (Å²) < 4.78 is 0. The highest BCUT2D eigenvalue weighted by atomic mass is 35.5. The number of rotatable bonds is 5. The standard InChI is InChI=1S/C16H18ClNO4/c17-12-3-1-11(2-4-12)10-16(5-7-18-8-6-16)14(20)9-13(19)15(21)22/h1-4,9,18-19H,5-8,10H2,(H,21,22)/b13-9-. The number of halogens is 1. The average molecular weight is 324 g/mol. The Morgan fingerprint density at radius 1 is 1.18 bits per heavy atom. The van der Waals surface area contributed by atoms with Gasteiger partial charge >= 0.3 is 5.97 Å². The summed E-state index contributed by atoms with van der Waals surface area (Å²) in [5, 5.41) is 21.9. The van der Waals surface area contributed by atoms with Gasteiger partial charge in [0.2, 0.25) is 5.76 Å². The Balaban J connectivity index is 2.27. The number of carbonyl (C=O) groups is 2. The number of benzene rings is 1. The summed E-state index contributed by atoms with van der Waals surface area (Å²) in [5.74, 6) is -2.76. The van der Waals surface area contributed by atoms with Crippen molar-refractivity contribution in [2.24, 2.45) is 5.41 Å². The molecule has 0 saturated carbocycles. The first-order valence-corrected chi connectivity index (χ1v) is 7.44. The predicted octanol–water partition coefficient (Wildman–Crippen LogP) is 2.35. The molecule has 1 aromatic rings. The zero-order valence-corrected chi connectivity index (χ0v) is 12.8. The van der Waals surface area contributed by atoms with E-state index in [2.05, 4.69) is 5.32 Å². The third-order valence-electron chi connectivity index (χ3n) is 4.03. The third-order valence-corrected chi connectivity index (χ3v) is 4.28. The number of aliphatic hydroxyl groups excluding tert-OH is 1. The van der Waals surface area contributed by atoms with Crippen LogP contribution in [0.15, 0.2) is 36.1 Å². The van der Waals surface area contributed by atoms with Crippen LogP contribution in [0.2, 0.25) is 5.02 Å². The van der Waals surface area contributed by atoms with E-state index in [9.17, 15) is 14.7 Å². The molecule has 1 aliphatic rings. The molecule has 118 valence electrons. The van der Waals surface area contributed by atoms with E-state index in [-0.39, 0.29) is 5.78 Å². The molecule has 0 aliphatic carbocycles. The molecule has 2 rings (SSSR count). The van der Waals surface area contributed by atoms with Crippen molar-refractivity contribution in [2.45, 2.75) is 19.3 Å². The third kappa shape index (κ3) is 3.87. The molecule has 1 aliphatic heterocycles. The van der Waals surface area contributed by atoms with E-state index in [1.54, 1.807) is 12.1 Å². The molecule has 5 nitrogen and oxygen atoms in total. The fraction of sp³-hybridized carbons (Fsp3) is 0.375. The molecule has 0 spiro atoms. The number of aliphatic carboxylic acids is 1. The Morgan fingerprint density at radius 3 is 2.32 bits per heavy atom. The van der Waals surface area contributed by atoms with E-state index >= 15 is 0 Å². The fourth-order valence-electron chi connectivity index (χ4n) is 2.75. The Kier molecular flexibility index (Phi) is 5.21. The van der Waals surface area contributed by atoms with Crippen LogP contribution in [0, 0.1) is 5.41 Å². The molecule has 1 aromatic carbocycles. The van der Waals surface area contributed by atoms with Crippen LogP contribution in [0.4, 0.5) is 0 Å². The van der Waals surface area contributed by atoms with Gasteiger partial charge in [-0.25, -0.2) is 4.79 Å². The van der Waals surface area contributed by atoms with Crippen molar-refractivity contribution in [3.63, 3.8) is 0 Å². The van der Waals surface area contributed by atoms with Crippen LogP contribution in [0.25, 0.3) is 0 Å². The minimum absolute atomic E-state index is 0.344. The first kappa shape index (κ1) is 16.5. The van der Waals surface area contributed by atoms with Crippen LogP contribution in [-0.4, -0.2) is 35.1 Å². The molecule has 3 N–H and O–H groups in total. The summed E-state index contributed by atoms with van der Waals surface area (Å²) in [6, 6.07) is 7.25. The zero-order chi connectivity index (χ0) is 16.2. The van der Waals surface area contributed by atoms with E-state index in [0.717, 1.165) is 11.6 Å². The maximum atomic E-state index is 12.6. The number of aliphatic hydroxyl groups is 1. The number of carboxylic acid groups (broad SMARTS) is 1. The van der Waals surface area contributed by atoms with E-state index in [0.29, 0.717) is 37.4 Å². The monoisotopic (exact) mass is 323 g/mol. The highest BCUT2D eigenvalue weighted by Gasteiger charge is 2.38. The number of hydrogen-bond acceptors (Lipinski definition) is 4. The van der Waals surface area contributed by atoms with Crippen molar-refractivity contribution in [1.82, 2.24) is 5.32 Å². The van der Waals surface area contributed by atoms with Crippen molar-refractivity contribution < 1.29 is 19.8 Å². The smallest absolute Gasteiger partial charge is 0.371 e. The van der Waals surface area contributed by atoms with Gasteiger partial charge in [0.1, 0.15) is 0 Å². The lowest BCUT2D eigenvalue weighted by molar-refractivity contribution is -0.136. The second-order valence-electron chi connectivity index (χ2n) is 5.53. The lowest BCUT2D eigenvalue weighted by atomic mass is 9.71. The van der Waals surface area contributed by atoms with Crippen LogP contribution in [0.5, 0.6) is 0 Å². The normalized spacial score (nSPS) is 18.0. The molecule has 6 heteroatoms. The number of carbonyl (C=O) groups excluding carboxylic acids is 1. The average Bonchev–Trinajstić information content (AvgIpc) is 2.50. The van der Waals surface area contributed by atoms with Crippen molar-refractivity contribution >= 4 is 23.4 Å². The van der Waals surface area contributed by atoms with Crippen LogP contribution in [0.1, 0.15) is 18.4 Å². The molecular weight excluding hydrogens is 306 g/mol. The Labute approximate surface area is 133 Å². The van der Waals surface area contributed by atoms with Crippen LogP contribution >= 0.6 is 11.6 Å². The van der Waals surface area contributed by atoms with Crippen molar-refractivity contribution in [1.29, 1.82) is 0 Å². The summed E-state index contributed by atoms with van der Waals surface area (Å²) in [7, 11) is 0. The number of piperidine rings is 1. The van der Waals surface area contributed by atoms with Crippen LogP contribution < -0.4 is 5.32 Å². The first-order valence-electron chi connectivity index (χ1n) is 7.06. The van der Waals surface area contributed by atoms with Gasteiger partial charge in [0.25, 0.3) is 0 Å². The van der Waals surface area contributed by atoms with Gasteiger partial charge in [-0.2, -0.15) is 0 Å². The van der Waals surface area contributed by atoms with Crippen LogP contribution in [0.3, 0.4) is 0 Å². The van der Waals surface area contributed by atoms with Gasteiger partial charge in [-0.05, 0) is 50.0 Å². The van der Waals surface area contributed by atoms with Crippen molar-refractivity contribution in [3.8, 4) is 0 Å². The number of allylic oxidation sites excluding steroid dienone is 1. The molecular formula is C16H18ClNO4. The lowest BCUT2D eigenvalue weighted by Crippen LogP contribution is -2.43. The Hall–Kier alpha value is -1.85. The summed E-state index contributed by atoms with van der Waals surface area (Å²) >= 11 is 5.87. The first-order chi connectivity index (χ1) is 10.4. The Bertz CT molecular complexity index is 589. The largest absolute Gasteiger partial charge is 0.502 e. The van der Waals surface area contributed by atoms with Crippen molar-refractivity contribution in [3.05, 3.63) is 46.7 Å². The molecule has 0 amide bonds. The maximum absolute atomic E-state index is 12.6. The molecule has 1 heterocycles. The molecule has 0 unspecified atom stereocenters. The topological polar surface area (TPSA) is 86.6 Å². The van der Waals surface area contributed by atoms with Gasteiger partial charge in [0, 0.05) is 16.5 Å². The van der Waals surface area contributed by atoms with Gasteiger partial charge in [0.15, 0.2) is 5.78 Å². The number of carboxylic acids is 1. The lowest BCUT2D eigenvalue weighted by Gasteiger charge is -2.35. The fourth-order valence-corrected chi connectivity index (χ4v) is 2.87. The van der Waals surface area contributed by atoms with Gasteiger partial charge in [-0.1, -0.05) is 23.7 Å².